The van der Waals surface area contributed by atoms with Crippen LogP contribution in [0.5, 0.6) is 0 Å². The highest BCUT2D eigenvalue weighted by molar-refractivity contribution is 5.92. The van der Waals surface area contributed by atoms with Gasteiger partial charge in [0.25, 0.3) is 5.91 Å². The molecule has 1 aliphatic carbocycles. The fourth-order valence-corrected chi connectivity index (χ4v) is 3.70. The smallest absolute Gasteiger partial charge is 0.274 e. The van der Waals surface area contributed by atoms with Crippen molar-refractivity contribution in [1.82, 2.24) is 34.9 Å². The van der Waals surface area contributed by atoms with Gasteiger partial charge in [0.2, 0.25) is 0 Å². The molecule has 2 aliphatic rings. The monoisotopic (exact) mass is 351 g/mol. The van der Waals surface area contributed by atoms with Crippen molar-refractivity contribution in [3.05, 3.63) is 41.1 Å². The van der Waals surface area contributed by atoms with Gasteiger partial charge in [-0.15, -0.1) is 10.2 Å². The number of nitrogens with zero attached hydrogens (tertiary/aromatic N) is 6. The topological polar surface area (TPSA) is 92.1 Å². The minimum atomic E-state index is 0.0201. The first-order chi connectivity index (χ1) is 12.7. The normalized spacial score (nSPS) is 18.6. The highest BCUT2D eigenvalue weighted by Gasteiger charge is 2.30. The summed E-state index contributed by atoms with van der Waals surface area (Å²) in [5.74, 6) is 1.76. The number of fused-ring (bicyclic) bond motifs is 1. The summed E-state index contributed by atoms with van der Waals surface area (Å²) < 4.78 is 1.84. The lowest BCUT2D eigenvalue weighted by molar-refractivity contribution is 0.0704. The quantitative estimate of drug-likeness (QED) is 0.780. The van der Waals surface area contributed by atoms with Gasteiger partial charge in [-0.25, -0.2) is 0 Å². The summed E-state index contributed by atoms with van der Waals surface area (Å²) in [5.41, 5.74) is 3.35. The van der Waals surface area contributed by atoms with Gasteiger partial charge < -0.3 is 4.90 Å². The molecule has 1 saturated heterocycles. The van der Waals surface area contributed by atoms with Crippen LogP contribution in [0.25, 0.3) is 5.65 Å². The Hall–Kier alpha value is -2.77. The number of carbonyl (C=O) groups excluding carboxylic acids is 1. The van der Waals surface area contributed by atoms with Gasteiger partial charge in [-0.2, -0.15) is 14.7 Å². The predicted octanol–water partition coefficient (Wildman–Crippen LogP) is 2.05. The van der Waals surface area contributed by atoms with Crippen molar-refractivity contribution in [3.8, 4) is 0 Å². The van der Waals surface area contributed by atoms with E-state index in [-0.39, 0.29) is 11.8 Å². The van der Waals surface area contributed by atoms with E-state index in [2.05, 4.69) is 25.5 Å². The first-order valence-electron chi connectivity index (χ1n) is 9.22. The Labute approximate surface area is 150 Å². The van der Waals surface area contributed by atoms with Crippen LogP contribution in [0.2, 0.25) is 0 Å². The van der Waals surface area contributed by atoms with Crippen LogP contribution in [0, 0.1) is 6.92 Å². The molecule has 3 aromatic heterocycles. The molecule has 0 atom stereocenters. The molecule has 26 heavy (non-hydrogen) atoms. The van der Waals surface area contributed by atoms with Crippen molar-refractivity contribution in [2.45, 2.75) is 44.4 Å². The minimum absolute atomic E-state index is 0.0201. The van der Waals surface area contributed by atoms with E-state index >= 15 is 0 Å². The van der Waals surface area contributed by atoms with Crippen LogP contribution in [0.4, 0.5) is 0 Å². The van der Waals surface area contributed by atoms with Gasteiger partial charge in [-0.1, -0.05) is 0 Å². The molecule has 8 heteroatoms. The Morgan fingerprint density at radius 1 is 1.12 bits per heavy atom. The molecule has 0 spiro atoms. The SMILES string of the molecule is Cc1ccc2nnc(C3CCN(C(=O)c4cc(C5CC5)[nH]n4)CC3)n2n1. The van der Waals surface area contributed by atoms with Crippen LogP contribution in [0.1, 0.15) is 65.2 Å². The number of amides is 1. The summed E-state index contributed by atoms with van der Waals surface area (Å²) in [6, 6.07) is 5.80. The standard InChI is InChI=1S/C18H21N7O/c1-11-2-5-16-21-22-17(25(16)23-11)13-6-8-24(9-7-13)18(26)15-10-14(19-20-15)12-3-4-12/h2,5,10,12-13H,3-4,6-9H2,1H3,(H,19,20). The molecular weight excluding hydrogens is 330 g/mol. The number of piperidine rings is 1. The minimum Gasteiger partial charge on any atom is -0.337 e. The van der Waals surface area contributed by atoms with E-state index < -0.39 is 0 Å². The maximum atomic E-state index is 12.7. The van der Waals surface area contributed by atoms with Gasteiger partial charge >= 0.3 is 0 Å². The van der Waals surface area contributed by atoms with Crippen molar-refractivity contribution in [2.75, 3.05) is 13.1 Å². The van der Waals surface area contributed by atoms with Gasteiger partial charge in [-0.3, -0.25) is 9.89 Å². The van der Waals surface area contributed by atoms with E-state index in [4.69, 9.17) is 0 Å². The fourth-order valence-electron chi connectivity index (χ4n) is 3.70. The number of nitrogens with one attached hydrogen (secondary N) is 1. The number of aromatic amines is 1. The molecule has 0 unspecified atom stereocenters. The van der Waals surface area contributed by atoms with E-state index in [0.717, 1.165) is 35.7 Å². The molecule has 3 aromatic rings. The lowest BCUT2D eigenvalue weighted by atomic mass is 9.96. The Balaban J connectivity index is 1.29. The van der Waals surface area contributed by atoms with Crippen molar-refractivity contribution in [1.29, 1.82) is 0 Å². The molecule has 1 amide bonds. The highest BCUT2D eigenvalue weighted by Crippen LogP contribution is 2.39. The largest absolute Gasteiger partial charge is 0.337 e. The van der Waals surface area contributed by atoms with Crippen LogP contribution in [0.15, 0.2) is 18.2 Å². The Morgan fingerprint density at radius 3 is 2.69 bits per heavy atom. The molecule has 5 rings (SSSR count). The number of hydrogen-bond donors (Lipinski definition) is 1. The van der Waals surface area contributed by atoms with Crippen molar-refractivity contribution in [2.24, 2.45) is 0 Å². The van der Waals surface area contributed by atoms with Gasteiger partial charge in [0.15, 0.2) is 11.5 Å². The van der Waals surface area contributed by atoms with Crippen molar-refractivity contribution < 1.29 is 4.79 Å². The fraction of sp³-hybridized carbons (Fsp3) is 0.500. The van der Waals surface area contributed by atoms with Crippen LogP contribution in [0.3, 0.4) is 0 Å². The van der Waals surface area contributed by atoms with Crippen molar-refractivity contribution >= 4 is 11.6 Å². The van der Waals surface area contributed by atoms with Crippen LogP contribution >= 0.6 is 0 Å². The zero-order valence-electron chi connectivity index (χ0n) is 14.7. The summed E-state index contributed by atoms with van der Waals surface area (Å²) in [4.78, 5) is 14.6. The van der Waals surface area contributed by atoms with Gasteiger partial charge in [0, 0.05) is 30.6 Å². The Morgan fingerprint density at radius 2 is 1.92 bits per heavy atom. The number of rotatable bonds is 3. The maximum Gasteiger partial charge on any atom is 0.274 e. The van der Waals surface area contributed by atoms with E-state index in [1.165, 1.54) is 12.8 Å². The van der Waals surface area contributed by atoms with Gasteiger partial charge in [-0.05, 0) is 50.8 Å². The van der Waals surface area contributed by atoms with E-state index in [1.54, 1.807) is 0 Å². The summed E-state index contributed by atoms with van der Waals surface area (Å²) in [6.45, 7) is 3.37. The van der Waals surface area contributed by atoms with E-state index in [9.17, 15) is 4.79 Å². The number of likely N-dealkylation sites (tertiary alicyclic amines) is 1. The molecule has 0 aromatic carbocycles. The summed E-state index contributed by atoms with van der Waals surface area (Å²) >= 11 is 0. The third-order valence-electron chi connectivity index (χ3n) is 5.40. The second kappa shape index (κ2) is 5.89. The second-order valence-corrected chi connectivity index (χ2v) is 7.35. The van der Waals surface area contributed by atoms with Crippen molar-refractivity contribution in [3.63, 3.8) is 0 Å². The zero-order chi connectivity index (χ0) is 17.7. The van der Waals surface area contributed by atoms with E-state index in [1.807, 2.05) is 34.5 Å². The lowest BCUT2D eigenvalue weighted by Gasteiger charge is -2.30. The summed E-state index contributed by atoms with van der Waals surface area (Å²) in [7, 11) is 0. The molecule has 1 aliphatic heterocycles. The molecule has 0 radical (unpaired) electrons. The molecule has 2 fully saturated rings. The average molecular weight is 351 g/mol. The second-order valence-electron chi connectivity index (χ2n) is 7.35. The molecule has 134 valence electrons. The Bertz CT molecular complexity index is 963. The average Bonchev–Trinajstić information content (AvgIpc) is 3.25. The predicted molar refractivity (Wildman–Crippen MR) is 94.0 cm³/mol. The molecule has 8 nitrogen and oxygen atoms in total. The number of aryl methyl sites for hydroxylation is 1. The first kappa shape index (κ1) is 15.5. The molecular formula is C18H21N7O. The number of hydrogen-bond acceptors (Lipinski definition) is 5. The van der Waals surface area contributed by atoms with Gasteiger partial charge in [0.1, 0.15) is 5.69 Å². The number of H-pyrrole nitrogens is 1. The highest BCUT2D eigenvalue weighted by atomic mass is 16.2. The Kier molecular flexibility index (Phi) is 3.51. The van der Waals surface area contributed by atoms with Crippen LogP contribution in [-0.4, -0.2) is 53.9 Å². The third-order valence-corrected chi connectivity index (χ3v) is 5.40. The first-order valence-corrected chi connectivity index (χ1v) is 9.22. The zero-order valence-corrected chi connectivity index (χ0v) is 14.7. The van der Waals surface area contributed by atoms with Gasteiger partial charge in [0.05, 0.1) is 5.69 Å². The third kappa shape index (κ3) is 2.65. The number of aromatic nitrogens is 6. The van der Waals surface area contributed by atoms with Crippen LogP contribution < -0.4 is 0 Å². The van der Waals surface area contributed by atoms with Crippen LogP contribution in [-0.2, 0) is 0 Å². The number of carbonyl (C=O) groups is 1. The molecule has 4 heterocycles. The maximum absolute atomic E-state index is 12.7. The molecule has 1 N–H and O–H groups in total. The van der Waals surface area contributed by atoms with E-state index in [0.29, 0.717) is 24.7 Å². The molecule has 1 saturated carbocycles. The lowest BCUT2D eigenvalue weighted by Crippen LogP contribution is -2.38. The summed E-state index contributed by atoms with van der Waals surface area (Å²) in [5, 5.41) is 20.3. The molecule has 0 bridgehead atoms. The summed E-state index contributed by atoms with van der Waals surface area (Å²) in [6.07, 6.45) is 4.12.